The highest BCUT2D eigenvalue weighted by atomic mass is 35.5. The molecule has 0 aliphatic heterocycles. The van der Waals surface area contributed by atoms with Gasteiger partial charge in [-0.3, -0.25) is 4.79 Å². The lowest BCUT2D eigenvalue weighted by atomic mass is 10.2. The van der Waals surface area contributed by atoms with Gasteiger partial charge in [0.25, 0.3) is 0 Å². The standard InChI is InChI=1S/C13H16ClN3O3S/c1-10(18)16-7-8-17-21(19,20)13-5-4-11(3-2-6-15)9-12(13)14/h4-5,9,17H,6-8,15H2,1H3,(H,16,18). The van der Waals surface area contributed by atoms with Crippen LogP contribution in [-0.4, -0.2) is 34.0 Å². The molecule has 0 unspecified atom stereocenters. The number of halogens is 1. The Morgan fingerprint density at radius 1 is 1.38 bits per heavy atom. The van der Waals surface area contributed by atoms with Crippen molar-refractivity contribution in [1.82, 2.24) is 10.0 Å². The Bertz CT molecular complexity index is 678. The molecule has 0 bridgehead atoms. The van der Waals surface area contributed by atoms with E-state index in [0.29, 0.717) is 5.56 Å². The van der Waals surface area contributed by atoms with Gasteiger partial charge in [0.05, 0.1) is 11.6 Å². The quantitative estimate of drug-likeness (QED) is 0.525. The van der Waals surface area contributed by atoms with E-state index in [1.54, 1.807) is 6.07 Å². The third-order valence-electron chi connectivity index (χ3n) is 2.35. The van der Waals surface area contributed by atoms with Gasteiger partial charge in [-0.1, -0.05) is 23.4 Å². The van der Waals surface area contributed by atoms with E-state index in [0.717, 1.165) is 0 Å². The van der Waals surface area contributed by atoms with Gasteiger partial charge in [-0.05, 0) is 18.2 Å². The molecule has 1 amide bonds. The summed E-state index contributed by atoms with van der Waals surface area (Å²) < 4.78 is 26.5. The van der Waals surface area contributed by atoms with Gasteiger partial charge in [-0.2, -0.15) is 0 Å². The van der Waals surface area contributed by atoms with Crippen LogP contribution in [-0.2, 0) is 14.8 Å². The van der Waals surface area contributed by atoms with Crippen LogP contribution < -0.4 is 15.8 Å². The van der Waals surface area contributed by atoms with Gasteiger partial charge in [-0.15, -0.1) is 0 Å². The topological polar surface area (TPSA) is 101 Å². The van der Waals surface area contributed by atoms with Crippen molar-refractivity contribution in [2.45, 2.75) is 11.8 Å². The van der Waals surface area contributed by atoms with Crippen molar-refractivity contribution in [3.05, 3.63) is 28.8 Å². The highest BCUT2D eigenvalue weighted by Crippen LogP contribution is 2.22. The number of nitrogens with one attached hydrogen (secondary N) is 2. The molecule has 0 aliphatic carbocycles. The molecular weight excluding hydrogens is 314 g/mol. The maximum absolute atomic E-state index is 12.1. The summed E-state index contributed by atoms with van der Waals surface area (Å²) in [6.45, 7) is 1.84. The number of sulfonamides is 1. The molecule has 21 heavy (non-hydrogen) atoms. The average molecular weight is 330 g/mol. The predicted molar refractivity (Wildman–Crippen MR) is 81.3 cm³/mol. The first kappa shape index (κ1) is 17.5. The molecule has 114 valence electrons. The molecule has 1 aromatic carbocycles. The first-order valence-corrected chi connectivity index (χ1v) is 7.95. The third kappa shape index (κ3) is 5.73. The van der Waals surface area contributed by atoms with Crippen molar-refractivity contribution < 1.29 is 13.2 Å². The normalized spacial score (nSPS) is 10.6. The van der Waals surface area contributed by atoms with Crippen LogP contribution in [0.3, 0.4) is 0 Å². The number of rotatable bonds is 5. The molecule has 0 atom stereocenters. The fourth-order valence-corrected chi connectivity index (χ4v) is 3.03. The predicted octanol–water partition coefficient (Wildman–Crippen LogP) is 0.0646. The van der Waals surface area contributed by atoms with E-state index >= 15 is 0 Å². The summed E-state index contributed by atoms with van der Waals surface area (Å²) in [6, 6.07) is 4.40. The Morgan fingerprint density at radius 3 is 2.67 bits per heavy atom. The lowest BCUT2D eigenvalue weighted by Crippen LogP contribution is -2.33. The molecule has 8 heteroatoms. The maximum atomic E-state index is 12.1. The summed E-state index contributed by atoms with van der Waals surface area (Å²) in [7, 11) is -3.73. The van der Waals surface area contributed by atoms with Gasteiger partial charge in [0.15, 0.2) is 0 Å². The molecule has 0 aliphatic rings. The zero-order valence-electron chi connectivity index (χ0n) is 11.4. The summed E-state index contributed by atoms with van der Waals surface area (Å²) in [4.78, 5) is 10.6. The second-order valence-electron chi connectivity index (χ2n) is 4.03. The average Bonchev–Trinajstić information content (AvgIpc) is 2.41. The summed E-state index contributed by atoms with van der Waals surface area (Å²) >= 11 is 5.97. The number of hydrogen-bond donors (Lipinski definition) is 3. The van der Waals surface area contributed by atoms with Crippen molar-refractivity contribution in [1.29, 1.82) is 0 Å². The molecule has 6 nitrogen and oxygen atoms in total. The summed E-state index contributed by atoms with van der Waals surface area (Å²) in [5.74, 6) is 5.20. The third-order valence-corrected chi connectivity index (χ3v) is 4.29. The van der Waals surface area contributed by atoms with E-state index in [-0.39, 0.29) is 35.5 Å². The number of amides is 1. The second-order valence-corrected chi connectivity index (χ2v) is 6.17. The Hall–Kier alpha value is -1.59. The summed E-state index contributed by atoms with van der Waals surface area (Å²) in [5.41, 5.74) is 5.85. The van der Waals surface area contributed by atoms with Crippen LogP contribution in [0.1, 0.15) is 12.5 Å². The fraction of sp³-hybridized carbons (Fsp3) is 0.308. The van der Waals surface area contributed by atoms with E-state index in [1.807, 2.05) is 0 Å². The van der Waals surface area contributed by atoms with Crippen LogP contribution in [0.25, 0.3) is 0 Å². The Balaban J connectivity index is 2.81. The molecule has 1 aromatic rings. The first-order chi connectivity index (χ1) is 9.86. The lowest BCUT2D eigenvalue weighted by molar-refractivity contribution is -0.118. The van der Waals surface area contributed by atoms with Crippen molar-refractivity contribution >= 4 is 27.5 Å². The van der Waals surface area contributed by atoms with Crippen LogP contribution in [0.2, 0.25) is 5.02 Å². The van der Waals surface area contributed by atoms with Crippen molar-refractivity contribution in [3.63, 3.8) is 0 Å². The SMILES string of the molecule is CC(=O)NCCNS(=O)(=O)c1ccc(C#CCN)cc1Cl. The van der Waals surface area contributed by atoms with E-state index in [2.05, 4.69) is 21.9 Å². The Labute approximate surface area is 129 Å². The van der Waals surface area contributed by atoms with Crippen molar-refractivity contribution in [3.8, 4) is 11.8 Å². The number of nitrogens with two attached hydrogens (primary N) is 1. The summed E-state index contributed by atoms with van der Waals surface area (Å²) in [6.07, 6.45) is 0. The van der Waals surface area contributed by atoms with Crippen LogP contribution in [0, 0.1) is 11.8 Å². The van der Waals surface area contributed by atoms with Gasteiger partial charge in [0.2, 0.25) is 15.9 Å². The number of carbonyl (C=O) groups excluding carboxylic acids is 1. The zero-order valence-corrected chi connectivity index (χ0v) is 13.0. The smallest absolute Gasteiger partial charge is 0.242 e. The van der Waals surface area contributed by atoms with Crippen molar-refractivity contribution in [2.75, 3.05) is 19.6 Å². The maximum Gasteiger partial charge on any atom is 0.242 e. The molecule has 4 N–H and O–H groups in total. The van der Waals surface area contributed by atoms with Gasteiger partial charge in [0, 0.05) is 25.6 Å². The van der Waals surface area contributed by atoms with Gasteiger partial charge >= 0.3 is 0 Å². The lowest BCUT2D eigenvalue weighted by Gasteiger charge is -2.09. The fourth-order valence-electron chi connectivity index (χ4n) is 1.45. The van der Waals surface area contributed by atoms with Gasteiger partial charge in [-0.25, -0.2) is 13.1 Å². The molecule has 1 rings (SSSR count). The van der Waals surface area contributed by atoms with E-state index in [1.165, 1.54) is 19.1 Å². The number of benzene rings is 1. The minimum atomic E-state index is -3.73. The van der Waals surface area contributed by atoms with Crippen LogP contribution >= 0.6 is 11.6 Å². The van der Waals surface area contributed by atoms with Crippen molar-refractivity contribution in [2.24, 2.45) is 5.73 Å². The molecule has 0 fully saturated rings. The molecule has 0 saturated heterocycles. The molecule has 0 radical (unpaired) electrons. The molecule has 0 spiro atoms. The Morgan fingerprint density at radius 2 is 2.10 bits per heavy atom. The second kappa shape index (κ2) is 8.00. The highest BCUT2D eigenvalue weighted by Gasteiger charge is 2.17. The van der Waals surface area contributed by atoms with Crippen LogP contribution in [0.5, 0.6) is 0 Å². The Kier molecular flexibility index (Phi) is 6.65. The van der Waals surface area contributed by atoms with Crippen LogP contribution in [0.4, 0.5) is 0 Å². The molecule has 0 aromatic heterocycles. The molecular formula is C13H16ClN3O3S. The minimum Gasteiger partial charge on any atom is -0.355 e. The minimum absolute atomic E-state index is 0.0368. The zero-order chi connectivity index (χ0) is 15.9. The van der Waals surface area contributed by atoms with E-state index in [4.69, 9.17) is 17.3 Å². The van der Waals surface area contributed by atoms with Gasteiger partial charge < -0.3 is 11.1 Å². The monoisotopic (exact) mass is 329 g/mol. The van der Waals surface area contributed by atoms with Crippen LogP contribution in [0.15, 0.2) is 23.1 Å². The first-order valence-electron chi connectivity index (χ1n) is 6.09. The number of carbonyl (C=O) groups is 1. The highest BCUT2D eigenvalue weighted by molar-refractivity contribution is 7.89. The largest absolute Gasteiger partial charge is 0.355 e. The van der Waals surface area contributed by atoms with E-state index < -0.39 is 10.0 Å². The molecule has 0 saturated carbocycles. The van der Waals surface area contributed by atoms with E-state index in [9.17, 15) is 13.2 Å². The molecule has 0 heterocycles. The summed E-state index contributed by atoms with van der Waals surface area (Å²) in [5, 5.41) is 2.56. The number of hydrogen-bond acceptors (Lipinski definition) is 4. The van der Waals surface area contributed by atoms with Gasteiger partial charge in [0.1, 0.15) is 4.90 Å².